The summed E-state index contributed by atoms with van der Waals surface area (Å²) in [4.78, 5) is 5.14. The van der Waals surface area contributed by atoms with E-state index in [1.165, 1.54) is 16.7 Å². The molecule has 3 nitrogen and oxygen atoms in total. The predicted octanol–water partition coefficient (Wildman–Crippen LogP) is 5.65. The first-order chi connectivity index (χ1) is 13.8. The number of phenolic OH excluding ortho intramolecular Hbond substituents is 1. The topological polar surface area (TPSA) is 26.7 Å². The number of hydrogen-bond donors (Lipinski definition) is 1. The van der Waals surface area contributed by atoms with Crippen LogP contribution in [0, 0.1) is 0 Å². The Bertz CT molecular complexity index is 869. The van der Waals surface area contributed by atoms with Crippen LogP contribution in [0.2, 0.25) is 0 Å². The third-order valence-corrected chi connectivity index (χ3v) is 5.62. The van der Waals surface area contributed by atoms with Crippen molar-refractivity contribution in [3.63, 3.8) is 0 Å². The van der Waals surface area contributed by atoms with Crippen LogP contribution in [0.3, 0.4) is 0 Å². The number of rotatable bonds is 6. The quantitative estimate of drug-likeness (QED) is 0.443. The predicted molar refractivity (Wildman–Crippen MR) is 135 cm³/mol. The Morgan fingerprint density at radius 1 is 0.700 bits per heavy atom. The highest BCUT2D eigenvalue weighted by atomic mass is 79.9. The molecule has 1 aliphatic heterocycles. The van der Waals surface area contributed by atoms with Gasteiger partial charge in [-0.1, -0.05) is 72.8 Å². The fourth-order valence-electron chi connectivity index (χ4n) is 4.11. The van der Waals surface area contributed by atoms with Gasteiger partial charge in [-0.2, -0.15) is 0 Å². The van der Waals surface area contributed by atoms with Crippen LogP contribution in [0.15, 0.2) is 84.9 Å². The van der Waals surface area contributed by atoms with Crippen molar-refractivity contribution in [2.45, 2.75) is 19.0 Å². The second kappa shape index (κ2) is 12.3. The first-order valence-corrected chi connectivity index (χ1v) is 10.1. The largest absolute Gasteiger partial charge is 0.508 e. The maximum Gasteiger partial charge on any atom is 0.115 e. The van der Waals surface area contributed by atoms with Crippen molar-refractivity contribution in [2.24, 2.45) is 0 Å². The zero-order valence-electron chi connectivity index (χ0n) is 17.1. The van der Waals surface area contributed by atoms with Crippen molar-refractivity contribution in [3.8, 4) is 5.75 Å². The molecule has 1 heterocycles. The molecule has 4 rings (SSSR count). The second-order valence-corrected chi connectivity index (χ2v) is 7.60. The molecule has 5 heteroatoms. The van der Waals surface area contributed by atoms with Gasteiger partial charge in [-0.05, 0) is 35.2 Å². The van der Waals surface area contributed by atoms with Gasteiger partial charge >= 0.3 is 0 Å². The Labute approximate surface area is 200 Å². The van der Waals surface area contributed by atoms with E-state index in [9.17, 15) is 5.11 Å². The summed E-state index contributed by atoms with van der Waals surface area (Å²) in [5, 5.41) is 9.86. The van der Waals surface area contributed by atoms with E-state index >= 15 is 0 Å². The van der Waals surface area contributed by atoms with Gasteiger partial charge in [0.15, 0.2) is 0 Å². The van der Waals surface area contributed by atoms with E-state index < -0.39 is 0 Å². The highest BCUT2D eigenvalue weighted by Crippen LogP contribution is 2.27. The van der Waals surface area contributed by atoms with E-state index in [0.717, 1.165) is 39.1 Å². The molecule has 1 aliphatic rings. The molecule has 0 bridgehead atoms. The lowest BCUT2D eigenvalue weighted by Gasteiger charge is -2.39. The number of benzene rings is 3. The summed E-state index contributed by atoms with van der Waals surface area (Å²) >= 11 is 0. The molecule has 0 saturated carbocycles. The van der Waals surface area contributed by atoms with E-state index in [1.54, 1.807) is 6.07 Å². The van der Waals surface area contributed by atoms with Gasteiger partial charge in [-0.15, -0.1) is 34.0 Å². The molecular weight excluding hydrogens is 504 g/mol. The molecule has 30 heavy (non-hydrogen) atoms. The lowest BCUT2D eigenvalue weighted by molar-refractivity contribution is 0.0911. The summed E-state index contributed by atoms with van der Waals surface area (Å²) in [5.41, 5.74) is 3.92. The highest BCUT2D eigenvalue weighted by Gasteiger charge is 2.25. The van der Waals surface area contributed by atoms with Gasteiger partial charge in [0.25, 0.3) is 0 Å². The van der Waals surface area contributed by atoms with Crippen molar-refractivity contribution in [2.75, 3.05) is 26.2 Å². The third kappa shape index (κ3) is 6.67. The van der Waals surface area contributed by atoms with E-state index in [4.69, 9.17) is 0 Å². The van der Waals surface area contributed by atoms with Crippen molar-refractivity contribution >= 4 is 34.0 Å². The van der Waals surface area contributed by atoms with Crippen LogP contribution >= 0.6 is 34.0 Å². The van der Waals surface area contributed by atoms with Gasteiger partial charge in [-0.3, -0.25) is 9.80 Å². The molecule has 0 aromatic heterocycles. The fraction of sp³-hybridized carbons (Fsp3) is 0.280. The van der Waals surface area contributed by atoms with Crippen LogP contribution in [0.25, 0.3) is 0 Å². The molecule has 0 radical (unpaired) electrons. The minimum atomic E-state index is 0. The molecule has 0 amide bonds. The number of halogens is 2. The maximum absolute atomic E-state index is 9.86. The zero-order valence-corrected chi connectivity index (χ0v) is 20.5. The summed E-state index contributed by atoms with van der Waals surface area (Å²) in [6.45, 7) is 5.31. The zero-order chi connectivity index (χ0) is 19.2. The molecular formula is C25H30Br2N2O. The summed E-state index contributed by atoms with van der Waals surface area (Å²) in [7, 11) is 0. The van der Waals surface area contributed by atoms with Gasteiger partial charge in [0.2, 0.25) is 0 Å². The minimum Gasteiger partial charge on any atom is -0.508 e. The molecule has 3 aromatic rings. The molecule has 0 spiro atoms. The number of piperazine rings is 1. The van der Waals surface area contributed by atoms with Gasteiger partial charge in [0.05, 0.1) is 0 Å². The fourth-order valence-corrected chi connectivity index (χ4v) is 4.11. The monoisotopic (exact) mass is 532 g/mol. The Morgan fingerprint density at radius 2 is 1.30 bits per heavy atom. The van der Waals surface area contributed by atoms with Crippen molar-refractivity contribution in [3.05, 3.63) is 102 Å². The van der Waals surface area contributed by atoms with Crippen molar-refractivity contribution < 1.29 is 5.11 Å². The highest BCUT2D eigenvalue weighted by molar-refractivity contribution is 8.93. The molecule has 0 aliphatic carbocycles. The van der Waals surface area contributed by atoms with Crippen LogP contribution in [0.5, 0.6) is 5.75 Å². The first kappa shape index (κ1) is 24.6. The average molecular weight is 534 g/mol. The Morgan fingerprint density at radius 3 is 1.93 bits per heavy atom. The average Bonchev–Trinajstić information content (AvgIpc) is 2.74. The molecule has 1 saturated heterocycles. The maximum atomic E-state index is 9.86. The van der Waals surface area contributed by atoms with E-state index in [1.807, 2.05) is 12.1 Å². The normalized spacial score (nSPS) is 15.6. The van der Waals surface area contributed by atoms with Crippen LogP contribution in [0.1, 0.15) is 22.7 Å². The SMILES string of the molecule is Br.Br.Oc1cccc(CC(c2ccccc2)N2CCN(Cc3ccccc3)CC2)c1. The lowest BCUT2D eigenvalue weighted by atomic mass is 9.96. The summed E-state index contributed by atoms with van der Waals surface area (Å²) < 4.78 is 0. The second-order valence-electron chi connectivity index (χ2n) is 7.60. The molecule has 1 fully saturated rings. The third-order valence-electron chi connectivity index (χ3n) is 5.62. The van der Waals surface area contributed by atoms with Gasteiger partial charge in [-0.25, -0.2) is 0 Å². The molecule has 1 unspecified atom stereocenters. The number of aromatic hydroxyl groups is 1. The summed E-state index contributed by atoms with van der Waals surface area (Å²) in [5.74, 6) is 0.344. The van der Waals surface area contributed by atoms with E-state index in [0.29, 0.717) is 11.8 Å². The molecule has 1 atom stereocenters. The van der Waals surface area contributed by atoms with Crippen molar-refractivity contribution in [1.29, 1.82) is 0 Å². The summed E-state index contributed by atoms with van der Waals surface area (Å²) in [6.07, 6.45) is 0.914. The first-order valence-electron chi connectivity index (χ1n) is 10.1. The van der Waals surface area contributed by atoms with Crippen molar-refractivity contribution in [1.82, 2.24) is 9.80 Å². The van der Waals surface area contributed by atoms with Gasteiger partial charge < -0.3 is 5.11 Å². The summed E-state index contributed by atoms with van der Waals surface area (Å²) in [6, 6.07) is 29.5. The van der Waals surface area contributed by atoms with E-state index in [2.05, 4.69) is 76.5 Å². The van der Waals surface area contributed by atoms with Crippen LogP contribution in [-0.2, 0) is 13.0 Å². The van der Waals surface area contributed by atoms with Gasteiger partial charge in [0.1, 0.15) is 5.75 Å². The Balaban J connectivity index is 0.00000160. The Hall–Kier alpha value is -1.66. The molecule has 1 N–H and O–H groups in total. The number of nitrogens with zero attached hydrogens (tertiary/aromatic N) is 2. The van der Waals surface area contributed by atoms with Crippen LogP contribution in [-0.4, -0.2) is 41.1 Å². The lowest BCUT2D eigenvalue weighted by Crippen LogP contribution is -2.47. The van der Waals surface area contributed by atoms with Gasteiger partial charge in [0, 0.05) is 38.8 Å². The molecule has 160 valence electrons. The number of hydrogen-bond acceptors (Lipinski definition) is 3. The van der Waals surface area contributed by atoms with Crippen LogP contribution < -0.4 is 0 Å². The standard InChI is InChI=1S/C25H28N2O.2BrH/c28-24-13-7-10-22(18-24)19-25(23-11-5-2-6-12-23)27-16-14-26(15-17-27)20-21-8-3-1-4-9-21;;/h1-13,18,25,28H,14-17,19-20H2;2*1H. The van der Waals surface area contributed by atoms with E-state index in [-0.39, 0.29) is 34.0 Å². The smallest absolute Gasteiger partial charge is 0.115 e. The van der Waals surface area contributed by atoms with Crippen LogP contribution in [0.4, 0.5) is 0 Å². The molecule has 3 aromatic carbocycles. The minimum absolute atomic E-state index is 0. The Kier molecular flexibility index (Phi) is 10.1. The number of phenols is 1.